The normalized spacial score (nSPS) is 12.5. The summed E-state index contributed by atoms with van der Waals surface area (Å²) in [7, 11) is 0. The summed E-state index contributed by atoms with van der Waals surface area (Å²) in [6, 6.07) is 0. The number of aliphatic hydroxyl groups is 1. The molecule has 0 fully saturated rings. The molecule has 3 N–H and O–H groups in total. The molecule has 0 heterocycles. The van der Waals surface area contributed by atoms with E-state index in [1.165, 1.54) is 6.26 Å². The maximum Gasteiger partial charge on any atom is 0.111 e. The van der Waals surface area contributed by atoms with Crippen LogP contribution in [0.15, 0.2) is 12.8 Å². The Hall–Kier alpha value is -0.580. The Morgan fingerprint density at radius 1 is 1.55 bits per heavy atom. The van der Waals surface area contributed by atoms with Gasteiger partial charge in [-0.05, 0) is 0 Å². The Balaban J connectivity index is 2.95. The molecule has 4 nitrogen and oxygen atoms in total. The van der Waals surface area contributed by atoms with Crippen LogP contribution in [0.3, 0.4) is 0 Å². The van der Waals surface area contributed by atoms with Crippen LogP contribution in [0.25, 0.3) is 0 Å². The number of nitrogens with two attached hydrogens (primary N) is 1. The second-order valence-corrected chi connectivity index (χ2v) is 2.00. The first kappa shape index (κ1) is 10.4. The third-order valence-corrected chi connectivity index (χ3v) is 1.05. The highest BCUT2D eigenvalue weighted by Crippen LogP contribution is 1.83. The lowest BCUT2D eigenvalue weighted by molar-refractivity contribution is 0.0227. The van der Waals surface area contributed by atoms with Crippen molar-refractivity contribution in [1.82, 2.24) is 0 Å². The number of rotatable bonds is 7. The van der Waals surface area contributed by atoms with Gasteiger partial charge in [-0.2, -0.15) is 0 Å². The molecule has 0 spiro atoms. The zero-order chi connectivity index (χ0) is 8.53. The maximum absolute atomic E-state index is 8.90. The van der Waals surface area contributed by atoms with Crippen LogP contribution in [0.5, 0.6) is 0 Å². The summed E-state index contributed by atoms with van der Waals surface area (Å²) in [5.74, 6) is 0. The van der Waals surface area contributed by atoms with Crippen molar-refractivity contribution in [3.8, 4) is 0 Å². The Morgan fingerprint density at radius 2 is 2.27 bits per heavy atom. The Morgan fingerprint density at radius 3 is 2.82 bits per heavy atom. The van der Waals surface area contributed by atoms with Gasteiger partial charge in [-0.25, -0.2) is 0 Å². The van der Waals surface area contributed by atoms with Gasteiger partial charge in [0.25, 0.3) is 0 Å². The molecular formula is C7H15NO3. The van der Waals surface area contributed by atoms with Crippen molar-refractivity contribution in [3.63, 3.8) is 0 Å². The molecule has 4 heteroatoms. The molecule has 11 heavy (non-hydrogen) atoms. The van der Waals surface area contributed by atoms with Crippen molar-refractivity contribution in [3.05, 3.63) is 12.8 Å². The van der Waals surface area contributed by atoms with E-state index in [4.69, 9.17) is 20.3 Å². The van der Waals surface area contributed by atoms with Gasteiger partial charge in [0, 0.05) is 6.54 Å². The second kappa shape index (κ2) is 7.53. The van der Waals surface area contributed by atoms with Gasteiger partial charge in [0.1, 0.15) is 6.61 Å². The summed E-state index contributed by atoms with van der Waals surface area (Å²) in [6.45, 7) is 4.75. The van der Waals surface area contributed by atoms with Crippen molar-refractivity contribution in [1.29, 1.82) is 0 Å². The molecule has 0 radical (unpaired) electrons. The molecule has 0 saturated carbocycles. The molecule has 0 amide bonds. The zero-order valence-electron chi connectivity index (χ0n) is 6.53. The van der Waals surface area contributed by atoms with E-state index in [9.17, 15) is 0 Å². The second-order valence-electron chi connectivity index (χ2n) is 2.00. The molecular weight excluding hydrogens is 146 g/mol. The molecule has 0 aromatic carbocycles. The highest BCUT2D eigenvalue weighted by Gasteiger charge is 1.98. The minimum Gasteiger partial charge on any atom is -0.499 e. The van der Waals surface area contributed by atoms with Gasteiger partial charge < -0.3 is 20.3 Å². The van der Waals surface area contributed by atoms with Crippen LogP contribution in [-0.4, -0.2) is 37.6 Å². The summed E-state index contributed by atoms with van der Waals surface area (Å²) in [5, 5.41) is 8.90. The van der Waals surface area contributed by atoms with E-state index in [1.807, 2.05) is 0 Å². The summed E-state index contributed by atoms with van der Waals surface area (Å²) in [4.78, 5) is 0. The van der Waals surface area contributed by atoms with Crippen LogP contribution in [0, 0.1) is 0 Å². The first-order valence-electron chi connectivity index (χ1n) is 3.49. The highest BCUT2D eigenvalue weighted by atomic mass is 16.5. The fraction of sp³-hybridized carbons (Fsp3) is 0.714. The molecule has 0 bridgehead atoms. The lowest BCUT2D eigenvalue weighted by Gasteiger charge is -2.07. The van der Waals surface area contributed by atoms with E-state index < -0.39 is 6.10 Å². The molecule has 1 atom stereocenters. The lowest BCUT2D eigenvalue weighted by Crippen LogP contribution is -2.25. The van der Waals surface area contributed by atoms with Gasteiger partial charge in [-0.15, -0.1) is 0 Å². The number of ether oxygens (including phenoxy) is 2. The monoisotopic (exact) mass is 161 g/mol. The Labute approximate surface area is 66.6 Å². The predicted octanol–water partition coefficient (Wildman–Crippen LogP) is -0.517. The fourth-order valence-electron chi connectivity index (χ4n) is 0.478. The predicted molar refractivity (Wildman–Crippen MR) is 42.0 cm³/mol. The van der Waals surface area contributed by atoms with Crippen molar-refractivity contribution in [2.45, 2.75) is 6.10 Å². The van der Waals surface area contributed by atoms with Gasteiger partial charge in [0.05, 0.1) is 25.6 Å². The first-order valence-corrected chi connectivity index (χ1v) is 3.49. The largest absolute Gasteiger partial charge is 0.499 e. The van der Waals surface area contributed by atoms with Crippen LogP contribution >= 0.6 is 0 Å². The van der Waals surface area contributed by atoms with Crippen LogP contribution in [0.1, 0.15) is 0 Å². The Bertz CT molecular complexity index is 97.7. The molecule has 0 aliphatic rings. The van der Waals surface area contributed by atoms with E-state index in [0.29, 0.717) is 13.2 Å². The molecule has 0 aliphatic carbocycles. The molecule has 0 rings (SSSR count). The lowest BCUT2D eigenvalue weighted by atomic mass is 10.4. The minimum atomic E-state index is -0.571. The van der Waals surface area contributed by atoms with Crippen molar-refractivity contribution in [2.75, 3.05) is 26.4 Å². The van der Waals surface area contributed by atoms with Crippen LogP contribution in [0.2, 0.25) is 0 Å². The molecule has 1 unspecified atom stereocenters. The van der Waals surface area contributed by atoms with Gasteiger partial charge in [0.2, 0.25) is 0 Å². The molecule has 0 aliphatic heterocycles. The average molecular weight is 161 g/mol. The maximum atomic E-state index is 8.90. The quantitative estimate of drug-likeness (QED) is 0.389. The van der Waals surface area contributed by atoms with Crippen LogP contribution in [0.4, 0.5) is 0 Å². The zero-order valence-corrected chi connectivity index (χ0v) is 6.53. The highest BCUT2D eigenvalue weighted by molar-refractivity contribution is 4.52. The first-order chi connectivity index (χ1) is 5.31. The molecule has 66 valence electrons. The topological polar surface area (TPSA) is 64.7 Å². The van der Waals surface area contributed by atoms with Crippen LogP contribution in [-0.2, 0) is 9.47 Å². The summed E-state index contributed by atoms with van der Waals surface area (Å²) >= 11 is 0. The Kier molecular flexibility index (Phi) is 7.13. The van der Waals surface area contributed by atoms with E-state index in [-0.39, 0.29) is 13.2 Å². The number of hydrogen-bond acceptors (Lipinski definition) is 4. The summed E-state index contributed by atoms with van der Waals surface area (Å²) < 4.78 is 9.76. The summed E-state index contributed by atoms with van der Waals surface area (Å²) in [6.07, 6.45) is 0.779. The van der Waals surface area contributed by atoms with E-state index in [2.05, 4.69) is 6.58 Å². The van der Waals surface area contributed by atoms with Gasteiger partial charge >= 0.3 is 0 Å². The molecule has 0 saturated heterocycles. The standard InChI is InChI=1S/C7H15NO3/c1-2-10-3-4-11-6-7(9)5-8/h2,7,9H,1,3-6,8H2. The smallest absolute Gasteiger partial charge is 0.111 e. The van der Waals surface area contributed by atoms with Gasteiger partial charge in [-0.3, -0.25) is 0 Å². The van der Waals surface area contributed by atoms with E-state index in [1.54, 1.807) is 0 Å². The summed E-state index contributed by atoms with van der Waals surface area (Å²) in [5.41, 5.74) is 5.14. The van der Waals surface area contributed by atoms with Crippen molar-refractivity contribution >= 4 is 0 Å². The van der Waals surface area contributed by atoms with Gasteiger partial charge in [-0.1, -0.05) is 6.58 Å². The number of aliphatic hydroxyl groups excluding tert-OH is 1. The third-order valence-electron chi connectivity index (χ3n) is 1.05. The minimum absolute atomic E-state index is 0.225. The van der Waals surface area contributed by atoms with E-state index >= 15 is 0 Å². The van der Waals surface area contributed by atoms with Crippen LogP contribution < -0.4 is 5.73 Å². The SMILES string of the molecule is C=COCCOCC(O)CN. The van der Waals surface area contributed by atoms with Gasteiger partial charge in [0.15, 0.2) is 0 Å². The van der Waals surface area contributed by atoms with E-state index in [0.717, 1.165) is 0 Å². The molecule has 0 aromatic rings. The van der Waals surface area contributed by atoms with Crippen molar-refractivity contribution in [2.24, 2.45) is 5.73 Å². The average Bonchev–Trinajstić information content (AvgIpc) is 2.04. The third kappa shape index (κ3) is 7.32. The van der Waals surface area contributed by atoms with Crippen molar-refractivity contribution < 1.29 is 14.6 Å². The fourth-order valence-corrected chi connectivity index (χ4v) is 0.478. The number of hydrogen-bond donors (Lipinski definition) is 2. The molecule has 0 aromatic heterocycles.